The summed E-state index contributed by atoms with van der Waals surface area (Å²) in [5.41, 5.74) is 0. The number of rotatable bonds is 3. The fourth-order valence-corrected chi connectivity index (χ4v) is 2.37. The summed E-state index contributed by atoms with van der Waals surface area (Å²) in [7, 11) is 0. The minimum Gasteiger partial charge on any atom is -0.481 e. The van der Waals surface area contributed by atoms with Gasteiger partial charge in [-0.25, -0.2) is 4.98 Å². The van der Waals surface area contributed by atoms with Gasteiger partial charge in [-0.3, -0.25) is 4.79 Å². The van der Waals surface area contributed by atoms with Crippen LogP contribution in [0.1, 0.15) is 29.1 Å². The zero-order valence-electron chi connectivity index (χ0n) is 7.37. The molecular weight excluding hydrogens is 254 g/mol. The number of carboxylic acid groups (broad SMARTS) is 1. The van der Waals surface area contributed by atoms with Gasteiger partial charge in [0.1, 0.15) is 4.60 Å². The molecule has 1 unspecified atom stereocenters. The van der Waals surface area contributed by atoms with Gasteiger partial charge in [0.15, 0.2) is 0 Å². The molecule has 1 aromatic heterocycles. The molecule has 0 bridgehead atoms. The molecule has 0 amide bonds. The molecule has 1 heterocycles. The van der Waals surface area contributed by atoms with E-state index in [0.29, 0.717) is 0 Å². The fraction of sp³-hybridized carbons (Fsp3) is 0.500. The molecule has 0 saturated heterocycles. The summed E-state index contributed by atoms with van der Waals surface area (Å²) in [5.74, 6) is -0.788. The molecule has 13 heavy (non-hydrogen) atoms. The molecule has 1 N–H and O–H groups in total. The number of halogens is 1. The van der Waals surface area contributed by atoms with Gasteiger partial charge in [0.25, 0.3) is 0 Å². The lowest BCUT2D eigenvalue weighted by Crippen LogP contribution is -2.02. The highest BCUT2D eigenvalue weighted by Crippen LogP contribution is 2.29. The monoisotopic (exact) mass is 263 g/mol. The van der Waals surface area contributed by atoms with E-state index in [4.69, 9.17) is 5.11 Å². The van der Waals surface area contributed by atoms with E-state index in [0.717, 1.165) is 14.5 Å². The number of carboxylic acids is 1. The molecule has 1 aromatic rings. The van der Waals surface area contributed by atoms with Gasteiger partial charge < -0.3 is 5.11 Å². The Labute approximate surface area is 88.9 Å². The summed E-state index contributed by atoms with van der Waals surface area (Å²) in [4.78, 5) is 15.8. The highest BCUT2D eigenvalue weighted by molar-refractivity contribution is 9.10. The quantitative estimate of drug-likeness (QED) is 0.913. The topological polar surface area (TPSA) is 50.2 Å². The summed E-state index contributed by atoms with van der Waals surface area (Å²) in [6.45, 7) is 3.83. The summed E-state index contributed by atoms with van der Waals surface area (Å²) >= 11 is 4.85. The van der Waals surface area contributed by atoms with Gasteiger partial charge in [-0.1, -0.05) is 6.92 Å². The predicted molar refractivity (Wildman–Crippen MR) is 55.2 cm³/mol. The van der Waals surface area contributed by atoms with E-state index in [1.54, 1.807) is 11.3 Å². The number of aromatic nitrogens is 1. The lowest BCUT2D eigenvalue weighted by Gasteiger charge is -2.02. The second-order valence-electron chi connectivity index (χ2n) is 2.90. The van der Waals surface area contributed by atoms with Crippen LogP contribution in [0.3, 0.4) is 0 Å². The minimum atomic E-state index is -0.781. The van der Waals surface area contributed by atoms with Crippen molar-refractivity contribution in [1.82, 2.24) is 4.98 Å². The van der Waals surface area contributed by atoms with Gasteiger partial charge in [-0.15, -0.1) is 11.3 Å². The molecule has 0 spiro atoms. The van der Waals surface area contributed by atoms with Crippen molar-refractivity contribution < 1.29 is 9.90 Å². The van der Waals surface area contributed by atoms with Crippen molar-refractivity contribution in [3.63, 3.8) is 0 Å². The van der Waals surface area contributed by atoms with Gasteiger partial charge in [0.05, 0.1) is 11.4 Å². The molecule has 0 fully saturated rings. The number of hydrogen-bond acceptors (Lipinski definition) is 3. The minimum absolute atomic E-state index is 0.00694. The number of hydrogen-bond donors (Lipinski definition) is 1. The van der Waals surface area contributed by atoms with Gasteiger partial charge in [0, 0.05) is 10.8 Å². The Bertz CT molecular complexity index is 304. The van der Waals surface area contributed by atoms with Crippen LogP contribution in [0.4, 0.5) is 0 Å². The fourth-order valence-electron chi connectivity index (χ4n) is 0.957. The standard InChI is InChI=1S/C8H10BrNO2S/c1-4(3-6(11)12)8-10-7(9)5(2)13-8/h4H,3H2,1-2H3,(H,11,12). The molecule has 72 valence electrons. The number of carbonyl (C=O) groups is 1. The maximum absolute atomic E-state index is 10.4. The third-order valence-corrected chi connectivity index (χ3v) is 3.90. The predicted octanol–water partition coefficient (Wildman–Crippen LogP) is 2.79. The molecule has 5 heteroatoms. The Kier molecular flexibility index (Phi) is 3.44. The SMILES string of the molecule is Cc1sc(C(C)CC(=O)O)nc1Br. The first-order valence-corrected chi connectivity index (χ1v) is 5.46. The summed E-state index contributed by atoms with van der Waals surface area (Å²) in [6, 6.07) is 0. The third-order valence-electron chi connectivity index (χ3n) is 1.66. The van der Waals surface area contributed by atoms with E-state index >= 15 is 0 Å². The van der Waals surface area contributed by atoms with Crippen LogP contribution in [0.5, 0.6) is 0 Å². The maximum Gasteiger partial charge on any atom is 0.304 e. The van der Waals surface area contributed by atoms with Gasteiger partial charge in [-0.2, -0.15) is 0 Å². The van der Waals surface area contributed by atoms with E-state index < -0.39 is 5.97 Å². The Morgan fingerprint density at radius 1 is 1.77 bits per heavy atom. The van der Waals surface area contributed by atoms with Crippen LogP contribution in [0.2, 0.25) is 0 Å². The molecule has 0 radical (unpaired) electrons. The van der Waals surface area contributed by atoms with Crippen molar-refractivity contribution >= 4 is 33.2 Å². The first-order chi connectivity index (χ1) is 6.00. The number of nitrogens with zero attached hydrogens (tertiary/aromatic N) is 1. The van der Waals surface area contributed by atoms with Crippen molar-refractivity contribution in [3.05, 3.63) is 14.5 Å². The number of thiazole rings is 1. The average molecular weight is 264 g/mol. The van der Waals surface area contributed by atoms with E-state index in [1.165, 1.54) is 0 Å². The van der Waals surface area contributed by atoms with E-state index in [1.807, 2.05) is 13.8 Å². The Morgan fingerprint density at radius 3 is 2.77 bits per heavy atom. The second kappa shape index (κ2) is 4.19. The van der Waals surface area contributed by atoms with Gasteiger partial charge in [-0.05, 0) is 22.9 Å². The van der Waals surface area contributed by atoms with Crippen LogP contribution in [0, 0.1) is 6.92 Å². The maximum atomic E-state index is 10.4. The van der Waals surface area contributed by atoms with Crippen LogP contribution in [0.25, 0.3) is 0 Å². The number of aryl methyl sites for hydroxylation is 1. The van der Waals surface area contributed by atoms with Crippen molar-refractivity contribution in [2.45, 2.75) is 26.2 Å². The van der Waals surface area contributed by atoms with Crippen molar-refractivity contribution in [2.24, 2.45) is 0 Å². The molecule has 0 saturated carbocycles. The highest BCUT2D eigenvalue weighted by Gasteiger charge is 2.15. The van der Waals surface area contributed by atoms with Crippen LogP contribution in [-0.2, 0) is 4.79 Å². The van der Waals surface area contributed by atoms with Gasteiger partial charge >= 0.3 is 5.97 Å². The van der Waals surface area contributed by atoms with Crippen LogP contribution in [0.15, 0.2) is 4.60 Å². The highest BCUT2D eigenvalue weighted by atomic mass is 79.9. The Morgan fingerprint density at radius 2 is 2.38 bits per heavy atom. The molecular formula is C8H10BrNO2S. The Hall–Kier alpha value is -0.420. The van der Waals surface area contributed by atoms with Crippen molar-refractivity contribution in [1.29, 1.82) is 0 Å². The normalized spacial score (nSPS) is 12.8. The van der Waals surface area contributed by atoms with Gasteiger partial charge in [0.2, 0.25) is 0 Å². The van der Waals surface area contributed by atoms with Crippen LogP contribution >= 0.6 is 27.3 Å². The summed E-state index contributed by atoms with van der Waals surface area (Å²) in [6.07, 6.45) is 0.138. The molecule has 0 aliphatic rings. The largest absolute Gasteiger partial charge is 0.481 e. The zero-order chi connectivity index (χ0) is 10.0. The van der Waals surface area contributed by atoms with Crippen molar-refractivity contribution in [2.75, 3.05) is 0 Å². The van der Waals surface area contributed by atoms with Crippen LogP contribution in [-0.4, -0.2) is 16.1 Å². The molecule has 1 atom stereocenters. The molecule has 1 rings (SSSR count). The van der Waals surface area contributed by atoms with E-state index in [2.05, 4.69) is 20.9 Å². The molecule has 0 aliphatic heterocycles. The first-order valence-electron chi connectivity index (χ1n) is 3.85. The third kappa shape index (κ3) is 2.77. The summed E-state index contributed by atoms with van der Waals surface area (Å²) < 4.78 is 0.824. The summed E-state index contributed by atoms with van der Waals surface area (Å²) in [5, 5.41) is 9.47. The molecule has 0 aliphatic carbocycles. The smallest absolute Gasteiger partial charge is 0.304 e. The van der Waals surface area contributed by atoms with E-state index in [-0.39, 0.29) is 12.3 Å². The average Bonchev–Trinajstić information content (AvgIpc) is 2.31. The number of aliphatic carboxylic acids is 1. The van der Waals surface area contributed by atoms with E-state index in [9.17, 15) is 4.79 Å². The molecule has 0 aromatic carbocycles. The zero-order valence-corrected chi connectivity index (χ0v) is 9.78. The lowest BCUT2D eigenvalue weighted by atomic mass is 10.1. The van der Waals surface area contributed by atoms with Crippen molar-refractivity contribution in [3.8, 4) is 0 Å². The lowest BCUT2D eigenvalue weighted by molar-refractivity contribution is -0.137. The Balaban J connectivity index is 2.77. The first kappa shape index (κ1) is 10.7. The van der Waals surface area contributed by atoms with Crippen LogP contribution < -0.4 is 0 Å². The molecule has 3 nitrogen and oxygen atoms in total. The second-order valence-corrected chi connectivity index (χ2v) is 4.88.